The van der Waals surface area contributed by atoms with E-state index >= 15 is 0 Å². The fraction of sp³-hybridized carbons (Fsp3) is 0. The van der Waals surface area contributed by atoms with Crippen molar-refractivity contribution < 1.29 is 0 Å². The third-order valence-electron chi connectivity index (χ3n) is 12.6. The number of fused-ring (bicyclic) bond motifs is 6. The van der Waals surface area contributed by atoms with Crippen molar-refractivity contribution >= 4 is 43.6 Å². The molecule has 0 spiro atoms. The van der Waals surface area contributed by atoms with Crippen molar-refractivity contribution in [3.05, 3.63) is 243 Å². The highest BCUT2D eigenvalue weighted by atomic mass is 15.0. The molecular weight excluding hydrogens is 749 g/mol. The van der Waals surface area contributed by atoms with Crippen molar-refractivity contribution in [3.8, 4) is 67.0 Å². The molecule has 2 heterocycles. The average molecular weight is 789 g/mol. The lowest BCUT2D eigenvalue weighted by molar-refractivity contribution is 1.18. The molecular formula is C60H40N2. The van der Waals surface area contributed by atoms with Crippen molar-refractivity contribution in [1.82, 2.24) is 9.13 Å². The van der Waals surface area contributed by atoms with Crippen LogP contribution in [0.1, 0.15) is 0 Å². The molecule has 0 atom stereocenters. The Morgan fingerprint density at radius 1 is 0.177 bits per heavy atom. The van der Waals surface area contributed by atoms with Gasteiger partial charge in [0.05, 0.1) is 22.1 Å². The van der Waals surface area contributed by atoms with Gasteiger partial charge in [-0.15, -0.1) is 0 Å². The average Bonchev–Trinajstić information content (AvgIpc) is 3.87. The summed E-state index contributed by atoms with van der Waals surface area (Å²) in [5.74, 6) is 0. The molecule has 0 aliphatic rings. The second kappa shape index (κ2) is 14.8. The van der Waals surface area contributed by atoms with Crippen LogP contribution in [0.5, 0.6) is 0 Å². The molecule has 0 unspecified atom stereocenters. The van der Waals surface area contributed by atoms with Gasteiger partial charge in [0, 0.05) is 32.9 Å². The number of nitrogens with zero attached hydrogens (tertiary/aromatic N) is 2. The summed E-state index contributed by atoms with van der Waals surface area (Å²) in [7, 11) is 0. The predicted molar refractivity (Wildman–Crippen MR) is 262 cm³/mol. The van der Waals surface area contributed by atoms with E-state index in [1.165, 1.54) is 99.2 Å². The van der Waals surface area contributed by atoms with Gasteiger partial charge in [0.1, 0.15) is 0 Å². The maximum Gasteiger partial charge on any atom is 0.0541 e. The molecule has 0 saturated carbocycles. The molecule has 62 heavy (non-hydrogen) atoms. The summed E-state index contributed by atoms with van der Waals surface area (Å²) >= 11 is 0. The lowest BCUT2D eigenvalue weighted by atomic mass is 9.97. The van der Waals surface area contributed by atoms with Crippen LogP contribution in [0.25, 0.3) is 111 Å². The summed E-state index contributed by atoms with van der Waals surface area (Å²) in [5.41, 5.74) is 19.2. The van der Waals surface area contributed by atoms with E-state index in [1.54, 1.807) is 0 Å². The number of rotatable bonds is 7. The van der Waals surface area contributed by atoms with Crippen LogP contribution in [0.15, 0.2) is 243 Å². The van der Waals surface area contributed by atoms with E-state index in [0.717, 1.165) is 11.4 Å². The van der Waals surface area contributed by atoms with Crippen molar-refractivity contribution in [1.29, 1.82) is 0 Å². The molecule has 0 aliphatic carbocycles. The van der Waals surface area contributed by atoms with Crippen LogP contribution in [0.2, 0.25) is 0 Å². The van der Waals surface area contributed by atoms with Gasteiger partial charge in [-0.25, -0.2) is 0 Å². The molecule has 0 aliphatic heterocycles. The quantitative estimate of drug-likeness (QED) is 0.152. The SMILES string of the molecule is c1ccc(-c2ccc(-c3cccc(-c4ccc(-n5c6ccccc6c6cc(-c7ccc8c(c7)c7ccccc7n8-c7ccc(-c8ccccc8)cc7)ccc65)cc4)c3)cc2)cc1. The van der Waals surface area contributed by atoms with E-state index in [1.807, 2.05) is 0 Å². The Morgan fingerprint density at radius 3 is 0.903 bits per heavy atom. The van der Waals surface area contributed by atoms with Crippen LogP contribution in [-0.2, 0) is 0 Å². The summed E-state index contributed by atoms with van der Waals surface area (Å²) in [4.78, 5) is 0. The van der Waals surface area contributed by atoms with Crippen LogP contribution in [0, 0.1) is 0 Å². The summed E-state index contributed by atoms with van der Waals surface area (Å²) < 4.78 is 4.80. The minimum absolute atomic E-state index is 1.14. The number of aromatic nitrogens is 2. The lowest BCUT2D eigenvalue weighted by Crippen LogP contribution is -1.94. The molecule has 0 radical (unpaired) electrons. The van der Waals surface area contributed by atoms with Gasteiger partial charge in [0.15, 0.2) is 0 Å². The zero-order valence-corrected chi connectivity index (χ0v) is 34.0. The summed E-state index contributed by atoms with van der Waals surface area (Å²) in [6.45, 7) is 0. The number of benzene rings is 10. The minimum Gasteiger partial charge on any atom is -0.309 e. The second-order valence-corrected chi connectivity index (χ2v) is 16.2. The number of para-hydroxylation sites is 2. The van der Waals surface area contributed by atoms with Gasteiger partial charge in [-0.3, -0.25) is 0 Å². The summed E-state index contributed by atoms with van der Waals surface area (Å²) in [6.07, 6.45) is 0. The monoisotopic (exact) mass is 788 g/mol. The van der Waals surface area contributed by atoms with Gasteiger partial charge >= 0.3 is 0 Å². The fourth-order valence-electron chi connectivity index (χ4n) is 9.46. The molecule has 0 fully saturated rings. The number of hydrogen-bond donors (Lipinski definition) is 0. The maximum absolute atomic E-state index is 2.41. The zero-order chi connectivity index (χ0) is 41.0. The molecule has 2 heteroatoms. The molecule has 10 aromatic carbocycles. The van der Waals surface area contributed by atoms with Gasteiger partial charge in [0.2, 0.25) is 0 Å². The Bertz CT molecular complexity index is 3580. The van der Waals surface area contributed by atoms with Crippen LogP contribution in [0.3, 0.4) is 0 Å². The maximum atomic E-state index is 2.41. The number of hydrogen-bond acceptors (Lipinski definition) is 0. The first-order valence-corrected chi connectivity index (χ1v) is 21.3. The van der Waals surface area contributed by atoms with Crippen molar-refractivity contribution in [2.24, 2.45) is 0 Å². The van der Waals surface area contributed by atoms with Gasteiger partial charge < -0.3 is 9.13 Å². The Balaban J connectivity index is 0.882. The van der Waals surface area contributed by atoms with Crippen LogP contribution < -0.4 is 0 Å². The van der Waals surface area contributed by atoms with Crippen LogP contribution in [-0.4, -0.2) is 9.13 Å². The standard InChI is InChI=1S/C60H40N2/c1-3-12-41(13-4-1)43-22-24-45(25-23-43)47-16-11-17-48(38-47)46-28-34-52(35-29-46)62-58-21-10-8-19-54(58)56-40-50(31-37-60(56)62)49-30-36-59-55(39-49)53-18-7-9-20-57(53)61(59)51-32-26-44(27-33-51)42-14-5-2-6-15-42/h1-40H. The molecule has 12 rings (SSSR count). The molecule has 0 amide bonds. The molecule has 2 nitrogen and oxygen atoms in total. The highest BCUT2D eigenvalue weighted by Crippen LogP contribution is 2.39. The van der Waals surface area contributed by atoms with Crippen LogP contribution in [0.4, 0.5) is 0 Å². The Labute approximate surface area is 360 Å². The predicted octanol–water partition coefficient (Wildman–Crippen LogP) is 16.2. The minimum atomic E-state index is 1.14. The van der Waals surface area contributed by atoms with E-state index in [9.17, 15) is 0 Å². The van der Waals surface area contributed by atoms with Gasteiger partial charge in [-0.1, -0.05) is 176 Å². The van der Waals surface area contributed by atoms with E-state index in [-0.39, 0.29) is 0 Å². The third kappa shape index (κ3) is 6.12. The zero-order valence-electron chi connectivity index (χ0n) is 34.0. The van der Waals surface area contributed by atoms with Gasteiger partial charge in [-0.2, -0.15) is 0 Å². The highest BCUT2D eigenvalue weighted by molar-refractivity contribution is 6.12. The first-order valence-electron chi connectivity index (χ1n) is 21.3. The molecule has 0 bridgehead atoms. The highest BCUT2D eigenvalue weighted by Gasteiger charge is 2.16. The third-order valence-corrected chi connectivity index (χ3v) is 12.6. The topological polar surface area (TPSA) is 9.86 Å². The van der Waals surface area contributed by atoms with E-state index in [2.05, 4.69) is 252 Å². The molecule has 290 valence electrons. The van der Waals surface area contributed by atoms with Gasteiger partial charge in [0.25, 0.3) is 0 Å². The Kier molecular flexibility index (Phi) is 8.53. The molecule has 2 aromatic heterocycles. The van der Waals surface area contributed by atoms with E-state index < -0.39 is 0 Å². The first kappa shape index (κ1) is 35.7. The lowest BCUT2D eigenvalue weighted by Gasteiger charge is -2.11. The van der Waals surface area contributed by atoms with E-state index in [0.29, 0.717) is 0 Å². The first-order chi connectivity index (χ1) is 30.7. The largest absolute Gasteiger partial charge is 0.309 e. The van der Waals surface area contributed by atoms with Crippen molar-refractivity contribution in [2.75, 3.05) is 0 Å². The Morgan fingerprint density at radius 2 is 0.468 bits per heavy atom. The molecule has 12 aromatic rings. The normalized spacial score (nSPS) is 11.5. The smallest absolute Gasteiger partial charge is 0.0541 e. The van der Waals surface area contributed by atoms with Crippen LogP contribution >= 0.6 is 0 Å². The van der Waals surface area contributed by atoms with Crippen molar-refractivity contribution in [3.63, 3.8) is 0 Å². The molecule has 0 saturated heterocycles. The fourth-order valence-corrected chi connectivity index (χ4v) is 9.46. The second-order valence-electron chi connectivity index (χ2n) is 16.2. The Hall–Kier alpha value is -8.20. The summed E-state index contributed by atoms with van der Waals surface area (Å²) in [6, 6.07) is 88.3. The molecule has 0 N–H and O–H groups in total. The van der Waals surface area contributed by atoms with Crippen molar-refractivity contribution in [2.45, 2.75) is 0 Å². The van der Waals surface area contributed by atoms with Gasteiger partial charge in [-0.05, 0) is 122 Å². The van der Waals surface area contributed by atoms with E-state index in [4.69, 9.17) is 0 Å². The summed E-state index contributed by atoms with van der Waals surface area (Å²) in [5, 5.41) is 4.99.